The summed E-state index contributed by atoms with van der Waals surface area (Å²) in [6, 6.07) is 14.1. The Morgan fingerprint density at radius 3 is 2.33 bits per heavy atom. The van der Waals surface area contributed by atoms with Gasteiger partial charge in [-0.2, -0.15) is 0 Å². The monoisotopic (exact) mass is 647 g/mol. The maximum absolute atomic E-state index is 6.11. The number of imidazole rings is 1. The Morgan fingerprint density at radius 1 is 0.929 bits per heavy atom. The molecule has 2 heterocycles. The summed E-state index contributed by atoms with van der Waals surface area (Å²) >= 11 is 6.04. The summed E-state index contributed by atoms with van der Waals surface area (Å²) in [6.07, 6.45) is 12.8. The summed E-state index contributed by atoms with van der Waals surface area (Å²) in [5, 5.41) is 0.721. The van der Waals surface area contributed by atoms with Crippen molar-refractivity contribution in [2.45, 2.75) is 84.8 Å². The zero-order chi connectivity index (χ0) is 25.6. The van der Waals surface area contributed by atoms with Crippen molar-refractivity contribution in [1.82, 2.24) is 14.5 Å². The lowest BCUT2D eigenvalue weighted by Gasteiger charge is -2.36. The Morgan fingerprint density at radius 2 is 1.62 bits per heavy atom. The molecule has 3 aromatic rings. The fraction of sp³-hybridized carbons (Fsp3) is 0.594. The van der Waals surface area contributed by atoms with Crippen molar-refractivity contribution in [2.75, 3.05) is 19.6 Å². The number of hydrogen-bond acceptors (Lipinski definition) is 3. The van der Waals surface area contributed by atoms with Gasteiger partial charge in [-0.1, -0.05) is 62.8 Å². The van der Waals surface area contributed by atoms with E-state index in [9.17, 15) is 0 Å². The summed E-state index contributed by atoms with van der Waals surface area (Å²) in [7, 11) is 0. The van der Waals surface area contributed by atoms with Gasteiger partial charge < -0.3 is 30.6 Å². The number of rotatable bonds is 10. The van der Waals surface area contributed by atoms with Crippen LogP contribution in [0.1, 0.15) is 76.1 Å². The van der Waals surface area contributed by atoms with Crippen LogP contribution in [0.25, 0.3) is 11.0 Å². The van der Waals surface area contributed by atoms with Gasteiger partial charge in [0, 0.05) is 24.7 Å². The van der Waals surface area contributed by atoms with Crippen LogP contribution in [0, 0.1) is 24.7 Å². The number of para-hydroxylation sites is 1. The molecule has 5 rings (SSSR count). The molecule has 2 aliphatic rings. The van der Waals surface area contributed by atoms with E-state index in [1.54, 1.807) is 0 Å². The largest absolute Gasteiger partial charge is 0.486 e. The van der Waals surface area contributed by atoms with Gasteiger partial charge >= 0.3 is 0 Å². The molecule has 1 aliphatic carbocycles. The number of aryl methyl sites for hydroxylation is 2. The van der Waals surface area contributed by atoms with Crippen LogP contribution in [0.5, 0.6) is 5.75 Å². The first-order valence-corrected chi connectivity index (χ1v) is 15.0. The molecule has 0 amide bonds. The number of aromatic nitrogens is 2. The maximum atomic E-state index is 6.11. The number of fused-ring (bicyclic) bond motifs is 1. The molecule has 0 bridgehead atoms. The summed E-state index contributed by atoms with van der Waals surface area (Å²) in [5.41, 5.74) is 3.52. The summed E-state index contributed by atoms with van der Waals surface area (Å²) in [4.78, 5) is 7.77. The van der Waals surface area contributed by atoms with Gasteiger partial charge in [0.1, 0.15) is 18.2 Å². The molecule has 0 radical (unpaired) electrons. The maximum Gasteiger partial charge on any atom is 0.148 e. The SMILES string of the molecule is Cc1cccc2c1nc(COc1ccc(Cl)cc1)n2CCC(C)CN1CCCC(CC2CCCCC2)C1.Cl.Cl.O.O.O. The first-order chi connectivity index (χ1) is 18.0. The Labute approximate surface area is 269 Å². The van der Waals surface area contributed by atoms with Gasteiger partial charge in [-0.15, -0.1) is 24.8 Å². The molecule has 1 saturated carbocycles. The quantitative estimate of drug-likeness (QED) is 0.244. The van der Waals surface area contributed by atoms with Crippen molar-refractivity contribution in [3.05, 3.63) is 58.9 Å². The van der Waals surface area contributed by atoms with Crippen molar-refractivity contribution >= 4 is 47.4 Å². The summed E-state index contributed by atoms with van der Waals surface area (Å²) < 4.78 is 8.50. The third-order valence-electron chi connectivity index (χ3n) is 8.65. The summed E-state index contributed by atoms with van der Waals surface area (Å²) in [6.45, 7) is 9.81. The number of piperidine rings is 1. The average molecular weight is 649 g/mol. The van der Waals surface area contributed by atoms with Crippen molar-refractivity contribution in [2.24, 2.45) is 17.8 Å². The second kappa shape index (κ2) is 19.6. The molecule has 2 unspecified atom stereocenters. The normalized spacial score (nSPS) is 17.9. The molecule has 240 valence electrons. The van der Waals surface area contributed by atoms with E-state index in [4.69, 9.17) is 21.3 Å². The zero-order valence-electron chi connectivity index (χ0n) is 25.1. The number of hydrogen-bond donors (Lipinski definition) is 0. The van der Waals surface area contributed by atoms with Crippen molar-refractivity contribution < 1.29 is 21.2 Å². The van der Waals surface area contributed by atoms with Crippen LogP contribution in [-0.4, -0.2) is 50.5 Å². The average Bonchev–Trinajstić information content (AvgIpc) is 3.27. The van der Waals surface area contributed by atoms with Gasteiger partial charge in [-0.3, -0.25) is 0 Å². The van der Waals surface area contributed by atoms with Crippen LogP contribution in [0.3, 0.4) is 0 Å². The van der Waals surface area contributed by atoms with Crippen LogP contribution >= 0.6 is 36.4 Å². The number of halogens is 3. The standard InChI is InChI=1S/C32H44ClN3O.2ClH.3H2O/c1-24(21-35-18-7-11-27(22-35)20-26-9-4-3-5-10-26)17-19-36-30-12-6-8-25(2)32(30)34-31(36)23-37-29-15-13-28(33)14-16-29;;;;;/h6,8,12-16,24,26-27H,3-5,7,9-11,17-23H2,1-2H3;2*1H;3*1H2. The van der Waals surface area contributed by atoms with Crippen LogP contribution in [0.2, 0.25) is 5.02 Å². The van der Waals surface area contributed by atoms with Crippen LogP contribution in [0.4, 0.5) is 0 Å². The second-order valence-electron chi connectivity index (χ2n) is 11.8. The fourth-order valence-corrected chi connectivity index (χ4v) is 6.78. The Hall–Kier alpha value is -1.58. The van der Waals surface area contributed by atoms with E-state index in [0.29, 0.717) is 12.5 Å². The minimum Gasteiger partial charge on any atom is -0.486 e. The van der Waals surface area contributed by atoms with Crippen LogP contribution in [0.15, 0.2) is 42.5 Å². The highest BCUT2D eigenvalue weighted by Gasteiger charge is 2.25. The van der Waals surface area contributed by atoms with Crippen molar-refractivity contribution in [3.63, 3.8) is 0 Å². The molecule has 2 fully saturated rings. The molecule has 0 spiro atoms. The molecule has 10 heteroatoms. The molecule has 6 N–H and O–H groups in total. The molecule has 2 atom stereocenters. The van der Waals surface area contributed by atoms with Crippen LogP contribution in [-0.2, 0) is 13.2 Å². The van der Waals surface area contributed by atoms with E-state index in [1.165, 1.54) is 82.1 Å². The highest BCUT2D eigenvalue weighted by Crippen LogP contribution is 2.32. The Balaban J connectivity index is 0.00000336. The smallest absolute Gasteiger partial charge is 0.148 e. The Bertz CT molecular complexity index is 1160. The van der Waals surface area contributed by atoms with E-state index in [1.807, 2.05) is 24.3 Å². The number of ether oxygens (including phenoxy) is 1. The highest BCUT2D eigenvalue weighted by molar-refractivity contribution is 6.30. The first-order valence-electron chi connectivity index (χ1n) is 14.6. The van der Waals surface area contributed by atoms with E-state index in [2.05, 4.69) is 41.5 Å². The van der Waals surface area contributed by atoms with Gasteiger partial charge in [0.2, 0.25) is 0 Å². The molecule has 1 aromatic heterocycles. The third-order valence-corrected chi connectivity index (χ3v) is 8.90. The summed E-state index contributed by atoms with van der Waals surface area (Å²) in [5.74, 6) is 4.39. The molecule has 1 aliphatic heterocycles. The third kappa shape index (κ3) is 10.8. The lowest BCUT2D eigenvalue weighted by Crippen LogP contribution is -2.39. The topological polar surface area (TPSA) is 125 Å². The molecule has 2 aromatic carbocycles. The minimum absolute atomic E-state index is 0. The Kier molecular flexibility index (Phi) is 18.9. The molecular weight excluding hydrogens is 597 g/mol. The lowest BCUT2D eigenvalue weighted by atomic mass is 9.80. The minimum atomic E-state index is 0. The van der Waals surface area contributed by atoms with E-state index < -0.39 is 0 Å². The first kappa shape index (κ1) is 40.4. The predicted molar refractivity (Wildman–Crippen MR) is 180 cm³/mol. The van der Waals surface area contributed by atoms with Crippen LogP contribution < -0.4 is 4.74 Å². The van der Waals surface area contributed by atoms with E-state index in [0.717, 1.165) is 46.9 Å². The number of nitrogens with zero attached hydrogens (tertiary/aromatic N) is 3. The van der Waals surface area contributed by atoms with Crippen molar-refractivity contribution in [3.8, 4) is 5.75 Å². The van der Waals surface area contributed by atoms with Gasteiger partial charge in [0.15, 0.2) is 0 Å². The fourth-order valence-electron chi connectivity index (χ4n) is 6.66. The molecule has 7 nitrogen and oxygen atoms in total. The van der Waals surface area contributed by atoms with E-state index >= 15 is 0 Å². The number of likely N-dealkylation sites (tertiary alicyclic amines) is 1. The van der Waals surface area contributed by atoms with Crippen molar-refractivity contribution in [1.29, 1.82) is 0 Å². The van der Waals surface area contributed by atoms with Gasteiger partial charge in [0.05, 0.1) is 11.0 Å². The zero-order valence-corrected chi connectivity index (χ0v) is 27.5. The second-order valence-corrected chi connectivity index (χ2v) is 12.2. The van der Waals surface area contributed by atoms with Gasteiger partial charge in [-0.05, 0) is 92.8 Å². The number of benzene rings is 2. The van der Waals surface area contributed by atoms with Gasteiger partial charge in [-0.25, -0.2) is 4.98 Å². The van der Waals surface area contributed by atoms with Gasteiger partial charge in [0.25, 0.3) is 0 Å². The van der Waals surface area contributed by atoms with E-state index in [-0.39, 0.29) is 41.2 Å². The highest BCUT2D eigenvalue weighted by atomic mass is 35.5. The molecular formula is C32H52Cl3N3O4. The predicted octanol–water partition coefficient (Wildman–Crippen LogP) is 6.66. The molecule has 1 saturated heterocycles. The molecule has 42 heavy (non-hydrogen) atoms. The lowest BCUT2D eigenvalue weighted by molar-refractivity contribution is 0.129.